The number of anilines is 2. The van der Waals surface area contributed by atoms with Gasteiger partial charge in [0.1, 0.15) is 11.6 Å². The summed E-state index contributed by atoms with van der Waals surface area (Å²) in [5.74, 6) is 1.34. The molecule has 0 saturated carbocycles. The summed E-state index contributed by atoms with van der Waals surface area (Å²) in [6, 6.07) is 3.49. The van der Waals surface area contributed by atoms with Crippen LogP contribution in [-0.4, -0.2) is 15.0 Å². The van der Waals surface area contributed by atoms with Crippen molar-refractivity contribution in [1.29, 1.82) is 0 Å². The third-order valence-electron chi connectivity index (χ3n) is 2.15. The number of aromatic nitrogens is 3. The molecule has 0 atom stereocenters. The summed E-state index contributed by atoms with van der Waals surface area (Å²) in [4.78, 5) is 12.4. The molecule has 2 aromatic heterocycles. The number of nitrogens with two attached hydrogens (primary N) is 1. The maximum absolute atomic E-state index is 5.77. The minimum absolute atomic E-state index is 0.517. The van der Waals surface area contributed by atoms with Crippen LogP contribution in [0, 0.1) is 6.92 Å². The van der Waals surface area contributed by atoms with Crippen LogP contribution >= 0.6 is 11.6 Å². The smallest absolute Gasteiger partial charge is 0.149 e. The van der Waals surface area contributed by atoms with Crippen molar-refractivity contribution in [3.63, 3.8) is 0 Å². The van der Waals surface area contributed by atoms with Crippen LogP contribution in [0.5, 0.6) is 0 Å². The molecule has 0 amide bonds. The quantitative estimate of drug-likeness (QED) is 0.870. The van der Waals surface area contributed by atoms with Gasteiger partial charge in [-0.2, -0.15) is 0 Å². The molecule has 0 saturated heterocycles. The average molecular weight is 250 g/mol. The van der Waals surface area contributed by atoms with Gasteiger partial charge in [0.2, 0.25) is 0 Å². The van der Waals surface area contributed by atoms with E-state index in [4.69, 9.17) is 17.3 Å². The lowest BCUT2D eigenvalue weighted by molar-refractivity contribution is 0.950. The molecule has 0 spiro atoms. The molecule has 0 aliphatic carbocycles. The van der Waals surface area contributed by atoms with E-state index in [0.717, 1.165) is 11.5 Å². The summed E-state index contributed by atoms with van der Waals surface area (Å²) in [6.07, 6.45) is 3.27. The Morgan fingerprint density at radius 1 is 1.41 bits per heavy atom. The van der Waals surface area contributed by atoms with Gasteiger partial charge in [0.05, 0.1) is 22.9 Å². The van der Waals surface area contributed by atoms with Gasteiger partial charge in [-0.15, -0.1) is 0 Å². The van der Waals surface area contributed by atoms with E-state index in [0.29, 0.717) is 23.1 Å². The summed E-state index contributed by atoms with van der Waals surface area (Å²) in [5.41, 5.74) is 7.17. The lowest BCUT2D eigenvalue weighted by atomic mass is 10.3. The molecule has 88 valence electrons. The number of rotatable bonds is 3. The number of nitrogen functional groups attached to an aromatic ring is 1. The lowest BCUT2D eigenvalue weighted by Crippen LogP contribution is -2.06. The molecule has 0 aromatic carbocycles. The van der Waals surface area contributed by atoms with E-state index in [-0.39, 0.29) is 0 Å². The van der Waals surface area contributed by atoms with E-state index in [1.54, 1.807) is 18.5 Å². The van der Waals surface area contributed by atoms with Crippen LogP contribution in [0.25, 0.3) is 0 Å². The van der Waals surface area contributed by atoms with Crippen LogP contribution in [0.1, 0.15) is 11.5 Å². The minimum Gasteiger partial charge on any atom is -0.396 e. The molecule has 0 radical (unpaired) electrons. The van der Waals surface area contributed by atoms with Crippen molar-refractivity contribution in [3.05, 3.63) is 41.1 Å². The van der Waals surface area contributed by atoms with E-state index < -0.39 is 0 Å². The van der Waals surface area contributed by atoms with Gasteiger partial charge in [0.15, 0.2) is 0 Å². The molecule has 0 bridgehead atoms. The number of hydrogen-bond acceptors (Lipinski definition) is 5. The van der Waals surface area contributed by atoms with Crippen molar-refractivity contribution in [2.45, 2.75) is 13.5 Å². The van der Waals surface area contributed by atoms with Crippen LogP contribution in [0.15, 0.2) is 24.5 Å². The Kier molecular flexibility index (Phi) is 3.39. The van der Waals surface area contributed by atoms with Crippen molar-refractivity contribution in [2.75, 3.05) is 11.1 Å². The number of nitrogens with one attached hydrogen (secondary N) is 1. The Bertz CT molecular complexity index is 529. The Labute approximate surface area is 104 Å². The van der Waals surface area contributed by atoms with Crippen LogP contribution in [0.2, 0.25) is 5.02 Å². The Morgan fingerprint density at radius 3 is 2.94 bits per heavy atom. The highest BCUT2D eigenvalue weighted by atomic mass is 35.5. The highest BCUT2D eigenvalue weighted by molar-refractivity contribution is 6.30. The molecule has 0 fully saturated rings. The minimum atomic E-state index is 0.517. The van der Waals surface area contributed by atoms with E-state index in [1.165, 1.54) is 0 Å². The number of aryl methyl sites for hydroxylation is 1. The van der Waals surface area contributed by atoms with E-state index in [2.05, 4.69) is 20.3 Å². The molecule has 5 nitrogen and oxygen atoms in total. The van der Waals surface area contributed by atoms with Gasteiger partial charge in [-0.3, -0.25) is 0 Å². The molecule has 2 heterocycles. The zero-order valence-corrected chi connectivity index (χ0v) is 10.1. The topological polar surface area (TPSA) is 76.7 Å². The molecule has 0 aliphatic heterocycles. The van der Waals surface area contributed by atoms with Crippen molar-refractivity contribution >= 4 is 23.1 Å². The second-order valence-corrected chi connectivity index (χ2v) is 3.98. The second-order valence-electron chi connectivity index (χ2n) is 3.54. The first-order valence-corrected chi connectivity index (χ1v) is 5.46. The number of halogens is 1. The zero-order valence-electron chi connectivity index (χ0n) is 9.31. The van der Waals surface area contributed by atoms with Gasteiger partial charge in [-0.1, -0.05) is 11.6 Å². The fourth-order valence-electron chi connectivity index (χ4n) is 1.38. The van der Waals surface area contributed by atoms with Crippen molar-refractivity contribution in [1.82, 2.24) is 15.0 Å². The Balaban J connectivity index is 2.07. The predicted molar refractivity (Wildman–Crippen MR) is 67.8 cm³/mol. The summed E-state index contributed by atoms with van der Waals surface area (Å²) in [6.45, 7) is 2.39. The van der Waals surface area contributed by atoms with Crippen molar-refractivity contribution in [3.8, 4) is 0 Å². The number of pyridine rings is 1. The highest BCUT2D eigenvalue weighted by Crippen LogP contribution is 2.19. The number of hydrogen-bond donors (Lipinski definition) is 2. The molecule has 6 heteroatoms. The van der Waals surface area contributed by atoms with E-state index >= 15 is 0 Å². The van der Waals surface area contributed by atoms with Crippen molar-refractivity contribution in [2.24, 2.45) is 0 Å². The predicted octanol–water partition coefficient (Wildman–Crippen LogP) is 2.03. The normalized spacial score (nSPS) is 10.2. The molecule has 3 N–H and O–H groups in total. The first-order valence-electron chi connectivity index (χ1n) is 5.08. The Morgan fingerprint density at radius 2 is 2.24 bits per heavy atom. The van der Waals surface area contributed by atoms with Crippen LogP contribution in [-0.2, 0) is 6.54 Å². The number of nitrogens with zero attached hydrogens (tertiary/aromatic N) is 3. The summed E-state index contributed by atoms with van der Waals surface area (Å²) >= 11 is 5.76. The van der Waals surface area contributed by atoms with Gasteiger partial charge >= 0.3 is 0 Å². The second kappa shape index (κ2) is 4.97. The molecular formula is C11H12ClN5. The molecule has 2 rings (SSSR count). The van der Waals surface area contributed by atoms with Crippen LogP contribution in [0.3, 0.4) is 0 Å². The zero-order chi connectivity index (χ0) is 12.3. The summed E-state index contributed by atoms with van der Waals surface area (Å²) < 4.78 is 0. The summed E-state index contributed by atoms with van der Waals surface area (Å²) in [5, 5.41) is 3.62. The molecule has 17 heavy (non-hydrogen) atoms. The van der Waals surface area contributed by atoms with Crippen LogP contribution in [0.4, 0.5) is 11.5 Å². The molecule has 0 unspecified atom stereocenters. The average Bonchev–Trinajstić information content (AvgIpc) is 2.28. The highest BCUT2D eigenvalue weighted by Gasteiger charge is 2.02. The fourth-order valence-corrected chi connectivity index (χ4v) is 1.55. The third kappa shape index (κ3) is 3.04. The van der Waals surface area contributed by atoms with E-state index in [9.17, 15) is 0 Å². The SMILES string of the molecule is Cc1nccc(CNc2ncc(Cl)cc2N)n1. The van der Waals surface area contributed by atoms with Gasteiger partial charge < -0.3 is 11.1 Å². The third-order valence-corrected chi connectivity index (χ3v) is 2.36. The maximum Gasteiger partial charge on any atom is 0.149 e. The van der Waals surface area contributed by atoms with Gasteiger partial charge in [0.25, 0.3) is 0 Å². The van der Waals surface area contributed by atoms with E-state index in [1.807, 2.05) is 13.0 Å². The summed E-state index contributed by atoms with van der Waals surface area (Å²) in [7, 11) is 0. The van der Waals surface area contributed by atoms with Crippen molar-refractivity contribution < 1.29 is 0 Å². The molecule has 0 aliphatic rings. The maximum atomic E-state index is 5.77. The first kappa shape index (κ1) is 11.6. The monoisotopic (exact) mass is 249 g/mol. The van der Waals surface area contributed by atoms with Gasteiger partial charge in [0, 0.05) is 12.4 Å². The van der Waals surface area contributed by atoms with Gasteiger partial charge in [-0.25, -0.2) is 15.0 Å². The van der Waals surface area contributed by atoms with Crippen LogP contribution < -0.4 is 11.1 Å². The van der Waals surface area contributed by atoms with Gasteiger partial charge in [-0.05, 0) is 19.1 Å². The first-order chi connectivity index (χ1) is 8.15. The molecular weight excluding hydrogens is 238 g/mol. The standard InChI is InChI=1S/C11H12ClN5/c1-7-14-3-2-9(17-7)6-16-11-10(13)4-8(12)5-15-11/h2-5H,6,13H2,1H3,(H,15,16). The molecule has 2 aromatic rings. The fraction of sp³-hybridized carbons (Fsp3) is 0.182. The largest absolute Gasteiger partial charge is 0.396 e. The Hall–Kier alpha value is -1.88. The lowest BCUT2D eigenvalue weighted by Gasteiger charge is -2.08.